The molecule has 1 saturated heterocycles. The highest BCUT2D eigenvalue weighted by atomic mass is 16.7. The highest BCUT2D eigenvalue weighted by Crippen LogP contribution is 2.33. The van der Waals surface area contributed by atoms with E-state index in [2.05, 4.69) is 15.1 Å². The van der Waals surface area contributed by atoms with Gasteiger partial charge in [-0.1, -0.05) is 19.1 Å². The Morgan fingerprint density at radius 2 is 1.79 bits per heavy atom. The van der Waals surface area contributed by atoms with E-state index in [1.165, 1.54) is 0 Å². The number of rotatable bonds is 8. The lowest BCUT2D eigenvalue weighted by Gasteiger charge is -2.37. The van der Waals surface area contributed by atoms with E-state index in [1.54, 1.807) is 30.2 Å². The molecule has 2 amide bonds. The van der Waals surface area contributed by atoms with Gasteiger partial charge >= 0.3 is 0 Å². The summed E-state index contributed by atoms with van der Waals surface area (Å²) < 4.78 is 16.1. The van der Waals surface area contributed by atoms with E-state index in [1.807, 2.05) is 55.1 Å². The number of anilines is 1. The van der Waals surface area contributed by atoms with E-state index >= 15 is 0 Å². The normalized spacial score (nSPS) is 15.2. The molecule has 1 aromatic heterocycles. The molecule has 3 aromatic rings. The number of nitrogens with zero attached hydrogens (tertiary/aromatic N) is 5. The summed E-state index contributed by atoms with van der Waals surface area (Å²) in [7, 11) is 1.64. The van der Waals surface area contributed by atoms with Gasteiger partial charge in [0.25, 0.3) is 5.91 Å². The average molecular weight is 532 g/mol. The van der Waals surface area contributed by atoms with E-state index in [4.69, 9.17) is 14.2 Å². The number of fused-ring (bicyclic) bond motifs is 1. The topological polar surface area (TPSA) is 97.3 Å². The second-order valence-corrected chi connectivity index (χ2v) is 9.63. The molecule has 1 atom stereocenters. The minimum atomic E-state index is -0.193. The summed E-state index contributed by atoms with van der Waals surface area (Å²) in [6, 6.07) is 16.6. The summed E-state index contributed by atoms with van der Waals surface area (Å²) in [6.07, 6.45) is 0.738. The highest BCUT2D eigenvalue weighted by Gasteiger charge is 2.29. The lowest BCUT2D eigenvalue weighted by molar-refractivity contribution is -0.132. The fourth-order valence-electron chi connectivity index (χ4n) is 4.70. The van der Waals surface area contributed by atoms with Crippen LogP contribution < -0.4 is 19.1 Å². The van der Waals surface area contributed by atoms with Crippen LogP contribution in [-0.4, -0.2) is 84.5 Å². The predicted molar refractivity (Wildman–Crippen MR) is 146 cm³/mol. The van der Waals surface area contributed by atoms with Crippen molar-refractivity contribution >= 4 is 17.6 Å². The summed E-state index contributed by atoms with van der Waals surface area (Å²) >= 11 is 0. The Morgan fingerprint density at radius 3 is 2.51 bits per heavy atom. The Bertz CT molecular complexity index is 1320. The lowest BCUT2D eigenvalue weighted by atomic mass is 10.1. The van der Waals surface area contributed by atoms with Gasteiger partial charge in [-0.3, -0.25) is 9.59 Å². The third kappa shape index (κ3) is 5.74. The number of benzene rings is 2. The first-order valence-electron chi connectivity index (χ1n) is 13.2. The van der Waals surface area contributed by atoms with Crippen LogP contribution in [0, 0.1) is 0 Å². The Morgan fingerprint density at radius 1 is 1.00 bits per heavy atom. The molecule has 10 heteroatoms. The molecule has 0 saturated carbocycles. The number of carbonyl (C=O) groups excluding carboxylic acids is 2. The minimum absolute atomic E-state index is 0.0251. The van der Waals surface area contributed by atoms with Gasteiger partial charge in [-0.15, -0.1) is 10.2 Å². The van der Waals surface area contributed by atoms with Gasteiger partial charge in [0.15, 0.2) is 17.3 Å². The molecule has 1 fully saturated rings. The predicted octanol–water partition coefficient (Wildman–Crippen LogP) is 3.47. The van der Waals surface area contributed by atoms with Crippen LogP contribution in [0.15, 0.2) is 54.6 Å². The van der Waals surface area contributed by atoms with E-state index < -0.39 is 0 Å². The van der Waals surface area contributed by atoms with Crippen molar-refractivity contribution in [3.05, 3.63) is 60.2 Å². The van der Waals surface area contributed by atoms with Crippen LogP contribution in [0.25, 0.3) is 11.3 Å². The van der Waals surface area contributed by atoms with Gasteiger partial charge in [-0.25, -0.2) is 0 Å². The molecule has 0 aliphatic carbocycles. The number of piperazine rings is 1. The molecule has 0 spiro atoms. The number of ether oxygens (including phenoxy) is 3. The lowest BCUT2D eigenvalue weighted by Crippen LogP contribution is -2.53. The largest absolute Gasteiger partial charge is 0.497 e. The molecule has 3 heterocycles. The molecule has 0 bridgehead atoms. The van der Waals surface area contributed by atoms with Gasteiger partial charge in [0.05, 0.1) is 12.8 Å². The van der Waals surface area contributed by atoms with Gasteiger partial charge in [0.1, 0.15) is 12.3 Å². The third-order valence-electron chi connectivity index (χ3n) is 7.28. The highest BCUT2D eigenvalue weighted by molar-refractivity contribution is 5.97. The molecule has 2 aliphatic rings. The molecular formula is C29H33N5O5. The van der Waals surface area contributed by atoms with Crippen LogP contribution in [0.2, 0.25) is 0 Å². The second-order valence-electron chi connectivity index (χ2n) is 9.63. The number of methoxy groups -OCH3 is 1. The van der Waals surface area contributed by atoms with E-state index in [0.717, 1.165) is 29.2 Å². The molecule has 2 aromatic carbocycles. The zero-order valence-corrected chi connectivity index (χ0v) is 22.5. The maximum atomic E-state index is 13.4. The van der Waals surface area contributed by atoms with Gasteiger partial charge in [-0.2, -0.15) is 0 Å². The fraction of sp³-hybridized carbons (Fsp3) is 0.379. The van der Waals surface area contributed by atoms with Crippen LogP contribution in [0.4, 0.5) is 5.82 Å². The van der Waals surface area contributed by atoms with Crippen molar-refractivity contribution in [2.45, 2.75) is 26.3 Å². The Balaban J connectivity index is 1.19. The van der Waals surface area contributed by atoms with Gasteiger partial charge < -0.3 is 28.9 Å². The number of carbonyl (C=O) groups is 2. The molecule has 204 valence electrons. The summed E-state index contributed by atoms with van der Waals surface area (Å²) in [5.74, 6) is 2.45. The van der Waals surface area contributed by atoms with Crippen molar-refractivity contribution < 1.29 is 23.8 Å². The van der Waals surface area contributed by atoms with Gasteiger partial charge in [0, 0.05) is 43.3 Å². The Kier molecular flexibility index (Phi) is 7.81. The van der Waals surface area contributed by atoms with Crippen molar-refractivity contribution in [1.82, 2.24) is 20.0 Å². The van der Waals surface area contributed by atoms with Crippen LogP contribution in [0.5, 0.6) is 17.2 Å². The van der Waals surface area contributed by atoms with E-state index in [0.29, 0.717) is 43.2 Å². The first-order valence-corrected chi connectivity index (χ1v) is 13.2. The monoisotopic (exact) mass is 531 g/mol. The van der Waals surface area contributed by atoms with Crippen molar-refractivity contribution in [2.75, 3.05) is 51.5 Å². The van der Waals surface area contributed by atoms with E-state index in [-0.39, 0.29) is 31.2 Å². The third-order valence-corrected chi connectivity index (χ3v) is 7.28. The number of aromatic nitrogens is 2. The molecule has 5 rings (SSSR count). The standard InChI is InChI=1S/C29H33N5O5/c1-4-20(2)34(29(36)22-8-10-25-26(17-22)39-19-38-25)18-28(35)33-14-12-32(13-15-33)27-11-9-24(30-31-27)21-6-5-7-23(16-21)37-3/h5-11,16-17,20H,4,12-15,18-19H2,1-3H3/t20-/m0/s1. The van der Waals surface area contributed by atoms with Crippen LogP contribution >= 0.6 is 0 Å². The van der Waals surface area contributed by atoms with E-state index in [9.17, 15) is 9.59 Å². The average Bonchev–Trinajstić information content (AvgIpc) is 3.47. The van der Waals surface area contributed by atoms with Crippen molar-refractivity contribution in [3.63, 3.8) is 0 Å². The summed E-state index contributed by atoms with van der Waals surface area (Å²) in [6.45, 7) is 6.51. The van der Waals surface area contributed by atoms with Crippen molar-refractivity contribution in [1.29, 1.82) is 0 Å². The summed E-state index contributed by atoms with van der Waals surface area (Å²) in [5.41, 5.74) is 2.18. The fourth-order valence-corrected chi connectivity index (χ4v) is 4.70. The second kappa shape index (κ2) is 11.6. The van der Waals surface area contributed by atoms with Crippen LogP contribution in [0.1, 0.15) is 30.6 Å². The molecule has 0 radical (unpaired) electrons. The smallest absolute Gasteiger partial charge is 0.254 e. The molecule has 39 heavy (non-hydrogen) atoms. The summed E-state index contributed by atoms with van der Waals surface area (Å²) in [5, 5.41) is 8.83. The summed E-state index contributed by atoms with van der Waals surface area (Å²) in [4.78, 5) is 32.3. The van der Waals surface area contributed by atoms with Crippen LogP contribution in [0.3, 0.4) is 0 Å². The maximum absolute atomic E-state index is 13.4. The van der Waals surface area contributed by atoms with Gasteiger partial charge in [-0.05, 0) is 55.8 Å². The first kappa shape index (κ1) is 26.3. The molecule has 2 aliphatic heterocycles. The maximum Gasteiger partial charge on any atom is 0.254 e. The quantitative estimate of drug-likeness (QED) is 0.436. The van der Waals surface area contributed by atoms with Crippen LogP contribution in [-0.2, 0) is 4.79 Å². The van der Waals surface area contributed by atoms with Gasteiger partial charge in [0.2, 0.25) is 12.7 Å². The Hall–Kier alpha value is -4.34. The zero-order valence-electron chi connectivity index (χ0n) is 22.5. The minimum Gasteiger partial charge on any atom is -0.497 e. The molecule has 10 nitrogen and oxygen atoms in total. The molecular weight excluding hydrogens is 498 g/mol. The molecule has 0 unspecified atom stereocenters. The van der Waals surface area contributed by atoms with Crippen molar-refractivity contribution in [3.8, 4) is 28.5 Å². The number of amides is 2. The SMILES string of the molecule is CC[C@H](C)N(CC(=O)N1CCN(c2ccc(-c3cccc(OC)c3)nn2)CC1)C(=O)c1ccc2c(c1)OCO2. The zero-order chi connectivity index (χ0) is 27.4. The number of hydrogen-bond donors (Lipinski definition) is 0. The molecule has 0 N–H and O–H groups in total. The van der Waals surface area contributed by atoms with Crippen molar-refractivity contribution in [2.24, 2.45) is 0 Å². The number of hydrogen-bond acceptors (Lipinski definition) is 8. The first-order chi connectivity index (χ1) is 19.0. The Labute approximate surface area is 228 Å².